The average Bonchev–Trinajstić information content (AvgIpc) is 2.53. The maximum atomic E-state index is 12.4. The molecule has 0 atom stereocenters. The van der Waals surface area contributed by atoms with Crippen LogP contribution >= 0.6 is 11.6 Å². The molecule has 0 unspecified atom stereocenters. The van der Waals surface area contributed by atoms with Gasteiger partial charge in [-0.1, -0.05) is 48.5 Å². The fraction of sp³-hybridized carbons (Fsp3) is 0.188. The first kappa shape index (κ1) is 15.6. The van der Waals surface area contributed by atoms with Crippen LogP contribution in [0.1, 0.15) is 0 Å². The van der Waals surface area contributed by atoms with Gasteiger partial charge in [0, 0.05) is 5.69 Å². The summed E-state index contributed by atoms with van der Waals surface area (Å²) in [6.45, 7) is -0.195. The van der Waals surface area contributed by atoms with E-state index in [1.807, 2.05) is 79.6 Å². The summed E-state index contributed by atoms with van der Waals surface area (Å²) in [5, 5.41) is 0. The van der Waals surface area contributed by atoms with Crippen LogP contribution in [0.15, 0.2) is 60.7 Å². The van der Waals surface area contributed by atoms with Gasteiger partial charge in [-0.05, 0) is 31.7 Å². The summed E-state index contributed by atoms with van der Waals surface area (Å²) < 4.78 is 0. The third kappa shape index (κ3) is 3.66. The Morgan fingerprint density at radius 1 is 1.00 bits per heavy atom. The summed E-state index contributed by atoms with van der Waals surface area (Å²) in [5.41, 5.74) is 1.88. The van der Waals surface area contributed by atoms with Crippen LogP contribution in [0.3, 0.4) is 0 Å². The number of anilines is 1. The maximum Gasteiger partial charge on any atom is 0.385 e. The number of nitrogens with zero attached hydrogens (tertiary/aromatic N) is 2. The van der Waals surface area contributed by atoms with Gasteiger partial charge in [-0.3, -0.25) is 4.79 Å². The Labute approximate surface area is 131 Å². The van der Waals surface area contributed by atoms with Crippen molar-refractivity contribution < 1.29 is 4.79 Å². The molecule has 0 bridgehead atoms. The molecule has 2 aromatic rings. The molecule has 3 nitrogen and oxygen atoms in total. The van der Waals surface area contributed by atoms with Crippen LogP contribution in [0.5, 0.6) is 0 Å². The lowest BCUT2D eigenvalue weighted by Crippen LogP contribution is -2.60. The lowest BCUT2D eigenvalue weighted by atomic mass is 9.64. The van der Waals surface area contributed by atoms with E-state index in [1.54, 1.807) is 4.81 Å². The van der Waals surface area contributed by atoms with Gasteiger partial charge in [-0.25, -0.2) is 0 Å². The SMILES string of the molecule is CN(C)B(c1ccccc1)N(C(=O)CCl)c1ccccc1. The van der Waals surface area contributed by atoms with Crippen molar-refractivity contribution in [1.29, 1.82) is 0 Å². The summed E-state index contributed by atoms with van der Waals surface area (Å²) >= 11 is 5.82. The largest absolute Gasteiger partial charge is 0.385 e. The first-order chi connectivity index (χ1) is 10.1. The number of hydrogen-bond donors (Lipinski definition) is 0. The summed E-state index contributed by atoms with van der Waals surface area (Å²) in [4.78, 5) is 16.1. The highest BCUT2D eigenvalue weighted by Gasteiger charge is 2.32. The zero-order valence-electron chi connectivity index (χ0n) is 12.2. The molecule has 108 valence electrons. The number of benzene rings is 2. The van der Waals surface area contributed by atoms with Crippen molar-refractivity contribution in [2.24, 2.45) is 0 Å². The second-order valence-electron chi connectivity index (χ2n) is 4.98. The minimum absolute atomic E-state index is 0.0495. The lowest BCUT2D eigenvalue weighted by Gasteiger charge is -2.33. The van der Waals surface area contributed by atoms with Gasteiger partial charge in [0.1, 0.15) is 5.88 Å². The van der Waals surface area contributed by atoms with E-state index in [2.05, 4.69) is 0 Å². The number of rotatable bonds is 5. The normalized spacial score (nSPS) is 10.5. The quantitative estimate of drug-likeness (QED) is 0.624. The Morgan fingerprint density at radius 2 is 1.52 bits per heavy atom. The second kappa shape index (κ2) is 7.30. The van der Waals surface area contributed by atoms with Crippen molar-refractivity contribution in [3.8, 4) is 0 Å². The van der Waals surface area contributed by atoms with Gasteiger partial charge in [0.05, 0.1) is 0 Å². The first-order valence-electron chi connectivity index (χ1n) is 6.79. The zero-order chi connectivity index (χ0) is 15.2. The Bertz CT molecular complexity index is 577. The number of amides is 1. The van der Waals surface area contributed by atoms with Crippen molar-refractivity contribution in [1.82, 2.24) is 4.81 Å². The van der Waals surface area contributed by atoms with Gasteiger partial charge in [0.2, 0.25) is 5.91 Å². The van der Waals surface area contributed by atoms with Crippen LogP contribution in [-0.2, 0) is 4.79 Å². The van der Waals surface area contributed by atoms with E-state index >= 15 is 0 Å². The van der Waals surface area contributed by atoms with E-state index in [0.29, 0.717) is 0 Å². The molecule has 0 aromatic heterocycles. The molecule has 0 spiro atoms. The predicted molar refractivity (Wildman–Crippen MR) is 90.2 cm³/mol. The number of hydrogen-bond acceptors (Lipinski definition) is 2. The van der Waals surface area contributed by atoms with Gasteiger partial charge in [0.15, 0.2) is 0 Å². The average molecular weight is 301 g/mol. The van der Waals surface area contributed by atoms with Gasteiger partial charge in [-0.2, -0.15) is 0 Å². The van der Waals surface area contributed by atoms with Crippen molar-refractivity contribution in [3.63, 3.8) is 0 Å². The van der Waals surface area contributed by atoms with Gasteiger partial charge < -0.3 is 9.62 Å². The predicted octanol–water partition coefficient (Wildman–Crippen LogP) is 2.22. The van der Waals surface area contributed by atoms with Gasteiger partial charge in [-0.15, -0.1) is 11.6 Å². The second-order valence-corrected chi connectivity index (χ2v) is 5.25. The maximum absolute atomic E-state index is 12.4. The molecule has 0 fully saturated rings. The van der Waals surface area contributed by atoms with E-state index in [9.17, 15) is 4.79 Å². The molecule has 2 aromatic carbocycles. The number of halogens is 1. The number of para-hydroxylation sites is 1. The van der Waals surface area contributed by atoms with Crippen LogP contribution < -0.4 is 10.3 Å². The summed E-state index contributed by atoms with van der Waals surface area (Å²) in [5.74, 6) is -0.170. The molecule has 21 heavy (non-hydrogen) atoms. The molecule has 0 aliphatic rings. The van der Waals surface area contributed by atoms with E-state index in [0.717, 1.165) is 11.2 Å². The van der Waals surface area contributed by atoms with Crippen LogP contribution in [0, 0.1) is 0 Å². The number of alkyl halides is 1. The van der Waals surface area contributed by atoms with Crippen molar-refractivity contribution in [2.75, 3.05) is 24.8 Å². The highest BCUT2D eigenvalue weighted by Crippen LogP contribution is 2.17. The minimum atomic E-state index is -0.195. The topological polar surface area (TPSA) is 23.6 Å². The van der Waals surface area contributed by atoms with Gasteiger partial charge >= 0.3 is 6.98 Å². The van der Waals surface area contributed by atoms with Crippen LogP contribution in [0.4, 0.5) is 5.69 Å². The van der Waals surface area contributed by atoms with Crippen LogP contribution in [0.2, 0.25) is 0 Å². The Morgan fingerprint density at radius 3 is 2.00 bits per heavy atom. The molecule has 2 rings (SSSR count). The molecule has 0 saturated carbocycles. The fourth-order valence-corrected chi connectivity index (χ4v) is 2.51. The molecule has 1 amide bonds. The Hall–Kier alpha value is -1.78. The summed E-state index contributed by atoms with van der Waals surface area (Å²) in [6.07, 6.45) is 0. The third-order valence-corrected chi connectivity index (χ3v) is 3.48. The molecule has 0 N–H and O–H groups in total. The van der Waals surface area contributed by atoms with E-state index in [-0.39, 0.29) is 18.8 Å². The van der Waals surface area contributed by atoms with E-state index in [4.69, 9.17) is 11.6 Å². The molecular weight excluding hydrogens is 282 g/mol. The lowest BCUT2D eigenvalue weighted by molar-refractivity contribution is -0.115. The summed E-state index contributed by atoms with van der Waals surface area (Å²) in [7, 11) is 3.91. The molecule has 0 aliphatic heterocycles. The van der Waals surface area contributed by atoms with Crippen LogP contribution in [-0.4, -0.2) is 37.7 Å². The van der Waals surface area contributed by atoms with Crippen molar-refractivity contribution in [3.05, 3.63) is 60.7 Å². The smallest absolute Gasteiger partial charge is 0.336 e. The van der Waals surface area contributed by atoms with E-state index < -0.39 is 0 Å². The van der Waals surface area contributed by atoms with Crippen LogP contribution in [0.25, 0.3) is 0 Å². The number of carbonyl (C=O) groups is 1. The Kier molecular flexibility index (Phi) is 5.42. The summed E-state index contributed by atoms with van der Waals surface area (Å²) in [6, 6.07) is 19.5. The highest BCUT2D eigenvalue weighted by atomic mass is 35.5. The molecule has 0 heterocycles. The molecule has 0 radical (unpaired) electrons. The van der Waals surface area contributed by atoms with Crippen molar-refractivity contribution in [2.45, 2.75) is 0 Å². The van der Waals surface area contributed by atoms with E-state index in [1.165, 1.54) is 0 Å². The Balaban J connectivity index is 2.49. The first-order valence-corrected chi connectivity index (χ1v) is 7.33. The van der Waals surface area contributed by atoms with Crippen molar-refractivity contribution >= 4 is 35.6 Å². The molecule has 0 saturated heterocycles. The standard InChI is InChI=1S/C16H18BClN2O/c1-19(2)17(14-9-5-3-6-10-14)20(16(21)13-18)15-11-7-4-8-12-15/h3-12H,13H2,1-2H3. The number of carbonyl (C=O) groups excluding carboxylic acids is 1. The zero-order valence-corrected chi connectivity index (χ0v) is 13.0. The fourth-order valence-electron chi connectivity index (χ4n) is 2.38. The molecule has 5 heteroatoms. The monoisotopic (exact) mass is 300 g/mol. The van der Waals surface area contributed by atoms with Gasteiger partial charge in [0.25, 0.3) is 0 Å². The minimum Gasteiger partial charge on any atom is -0.336 e. The third-order valence-electron chi connectivity index (χ3n) is 3.25. The molecular formula is C16H18BClN2O. The highest BCUT2D eigenvalue weighted by molar-refractivity contribution is 6.78. The molecule has 0 aliphatic carbocycles.